The molecule has 0 aromatic carbocycles. The molecule has 6 heteroatoms. The average Bonchev–Trinajstić information content (AvgIpc) is 2.18. The molecule has 2 rings (SSSR count). The van der Waals surface area contributed by atoms with Gasteiger partial charge in [0, 0.05) is 18.8 Å². The van der Waals surface area contributed by atoms with Crippen molar-refractivity contribution in [2.75, 3.05) is 20.3 Å². The van der Waals surface area contributed by atoms with Crippen LogP contribution in [0.4, 0.5) is 0 Å². The lowest BCUT2D eigenvalue weighted by Crippen LogP contribution is -2.49. The summed E-state index contributed by atoms with van der Waals surface area (Å²) in [6.07, 6.45) is 1.43. The molecule has 15 heavy (non-hydrogen) atoms. The van der Waals surface area contributed by atoms with E-state index < -0.39 is 12.7 Å². The highest BCUT2D eigenvalue weighted by molar-refractivity contribution is 6.58. The molecule has 1 aliphatic heterocycles. The van der Waals surface area contributed by atoms with Crippen LogP contribution in [0.25, 0.3) is 0 Å². The van der Waals surface area contributed by atoms with Crippen LogP contribution in [0.5, 0.6) is 0 Å². The standard InChI is InChI=1S/C9H12BNO4/c1-14-9(5-15-6-9)8-3-2-7(4-11-8)10(12)13/h2-4,12-13H,5-6H2,1H3. The van der Waals surface area contributed by atoms with Crippen molar-refractivity contribution >= 4 is 12.6 Å². The number of hydrogen-bond acceptors (Lipinski definition) is 5. The zero-order valence-electron chi connectivity index (χ0n) is 8.38. The maximum Gasteiger partial charge on any atom is 0.490 e. The van der Waals surface area contributed by atoms with Crippen LogP contribution in [0, 0.1) is 0 Å². The number of methoxy groups -OCH3 is 1. The molecule has 1 fully saturated rings. The number of rotatable bonds is 3. The minimum atomic E-state index is -1.48. The zero-order valence-corrected chi connectivity index (χ0v) is 8.38. The Balaban J connectivity index is 2.23. The van der Waals surface area contributed by atoms with Gasteiger partial charge < -0.3 is 19.5 Å². The molecule has 1 aromatic heterocycles. The van der Waals surface area contributed by atoms with Gasteiger partial charge >= 0.3 is 7.12 Å². The second kappa shape index (κ2) is 3.90. The van der Waals surface area contributed by atoms with Gasteiger partial charge in [-0.05, 0) is 6.07 Å². The van der Waals surface area contributed by atoms with Crippen LogP contribution in [0.1, 0.15) is 5.69 Å². The monoisotopic (exact) mass is 209 g/mol. The van der Waals surface area contributed by atoms with Crippen molar-refractivity contribution in [2.24, 2.45) is 0 Å². The molecule has 2 N–H and O–H groups in total. The van der Waals surface area contributed by atoms with Gasteiger partial charge in [0.15, 0.2) is 5.60 Å². The van der Waals surface area contributed by atoms with E-state index in [1.54, 1.807) is 19.2 Å². The predicted molar refractivity (Wildman–Crippen MR) is 53.6 cm³/mol. The Morgan fingerprint density at radius 2 is 2.20 bits per heavy atom. The molecular weight excluding hydrogens is 197 g/mol. The van der Waals surface area contributed by atoms with E-state index >= 15 is 0 Å². The Labute approximate surface area is 87.8 Å². The highest BCUT2D eigenvalue weighted by Gasteiger charge is 2.42. The molecule has 1 saturated heterocycles. The minimum absolute atomic E-state index is 0.366. The van der Waals surface area contributed by atoms with Crippen molar-refractivity contribution in [1.82, 2.24) is 4.98 Å². The lowest BCUT2D eigenvalue weighted by Gasteiger charge is -2.39. The Bertz CT molecular complexity index is 331. The van der Waals surface area contributed by atoms with Crippen molar-refractivity contribution in [1.29, 1.82) is 0 Å². The van der Waals surface area contributed by atoms with Crippen LogP contribution in [0.3, 0.4) is 0 Å². The topological polar surface area (TPSA) is 71.8 Å². The van der Waals surface area contributed by atoms with E-state index in [9.17, 15) is 0 Å². The van der Waals surface area contributed by atoms with Gasteiger partial charge in [0.2, 0.25) is 0 Å². The molecule has 5 nitrogen and oxygen atoms in total. The number of pyridine rings is 1. The van der Waals surface area contributed by atoms with E-state index in [2.05, 4.69) is 4.98 Å². The fraction of sp³-hybridized carbons (Fsp3) is 0.444. The first-order valence-corrected chi connectivity index (χ1v) is 4.63. The van der Waals surface area contributed by atoms with Gasteiger partial charge in [0.05, 0.1) is 18.9 Å². The van der Waals surface area contributed by atoms with Gasteiger partial charge in [0.1, 0.15) is 0 Å². The molecule has 0 bridgehead atoms. The van der Waals surface area contributed by atoms with E-state index in [1.807, 2.05) is 0 Å². The van der Waals surface area contributed by atoms with Gasteiger partial charge in [-0.25, -0.2) is 0 Å². The van der Waals surface area contributed by atoms with Crippen molar-refractivity contribution in [3.8, 4) is 0 Å². The summed E-state index contributed by atoms with van der Waals surface area (Å²) in [5.74, 6) is 0. The van der Waals surface area contributed by atoms with Crippen molar-refractivity contribution in [3.05, 3.63) is 24.0 Å². The third kappa shape index (κ3) is 1.77. The van der Waals surface area contributed by atoms with Gasteiger partial charge in [-0.3, -0.25) is 4.98 Å². The number of nitrogens with zero attached hydrogens (tertiary/aromatic N) is 1. The van der Waals surface area contributed by atoms with E-state index in [0.29, 0.717) is 18.7 Å². The molecule has 2 heterocycles. The van der Waals surface area contributed by atoms with Gasteiger partial charge in [-0.2, -0.15) is 0 Å². The van der Waals surface area contributed by atoms with E-state index in [4.69, 9.17) is 19.5 Å². The molecule has 0 radical (unpaired) electrons. The van der Waals surface area contributed by atoms with Crippen LogP contribution >= 0.6 is 0 Å². The second-order valence-corrected chi connectivity index (χ2v) is 3.54. The van der Waals surface area contributed by atoms with E-state index in [0.717, 1.165) is 5.69 Å². The molecule has 1 aliphatic rings. The van der Waals surface area contributed by atoms with E-state index in [-0.39, 0.29) is 0 Å². The number of aromatic nitrogens is 1. The lowest BCUT2D eigenvalue weighted by molar-refractivity contribution is -0.204. The molecule has 0 spiro atoms. The fourth-order valence-electron chi connectivity index (χ4n) is 1.49. The van der Waals surface area contributed by atoms with Crippen molar-refractivity contribution in [3.63, 3.8) is 0 Å². The lowest BCUT2D eigenvalue weighted by atomic mass is 9.81. The summed E-state index contributed by atoms with van der Waals surface area (Å²) in [6.45, 7) is 0.967. The largest absolute Gasteiger partial charge is 0.490 e. The van der Waals surface area contributed by atoms with Crippen LogP contribution in [0.2, 0.25) is 0 Å². The van der Waals surface area contributed by atoms with Crippen molar-refractivity contribution < 1.29 is 19.5 Å². The maximum absolute atomic E-state index is 8.91. The summed E-state index contributed by atoms with van der Waals surface area (Å²) < 4.78 is 10.4. The first-order chi connectivity index (χ1) is 7.18. The normalized spacial score (nSPS) is 18.3. The Kier molecular flexibility index (Phi) is 2.75. The predicted octanol–water partition coefficient (Wildman–Crippen LogP) is -1.37. The van der Waals surface area contributed by atoms with Gasteiger partial charge in [0.25, 0.3) is 0 Å². The van der Waals surface area contributed by atoms with Gasteiger partial charge in [-0.1, -0.05) is 6.07 Å². The Morgan fingerprint density at radius 3 is 2.53 bits per heavy atom. The van der Waals surface area contributed by atoms with Gasteiger partial charge in [-0.15, -0.1) is 0 Å². The molecule has 0 aliphatic carbocycles. The molecule has 80 valence electrons. The van der Waals surface area contributed by atoms with E-state index in [1.165, 1.54) is 6.20 Å². The first kappa shape index (κ1) is 10.6. The minimum Gasteiger partial charge on any atom is -0.423 e. The highest BCUT2D eigenvalue weighted by Crippen LogP contribution is 2.30. The quantitative estimate of drug-likeness (QED) is 0.601. The Hall–Kier alpha value is -0.945. The summed E-state index contributed by atoms with van der Waals surface area (Å²) in [5, 5.41) is 17.8. The van der Waals surface area contributed by atoms with Crippen molar-refractivity contribution in [2.45, 2.75) is 5.60 Å². The number of ether oxygens (including phenoxy) is 2. The number of hydrogen-bond donors (Lipinski definition) is 2. The Morgan fingerprint density at radius 1 is 1.47 bits per heavy atom. The highest BCUT2D eigenvalue weighted by atomic mass is 16.6. The molecule has 0 amide bonds. The molecule has 0 atom stereocenters. The smallest absolute Gasteiger partial charge is 0.423 e. The summed E-state index contributed by atoms with van der Waals surface area (Å²) in [6, 6.07) is 3.34. The third-order valence-corrected chi connectivity index (χ3v) is 2.61. The zero-order chi connectivity index (χ0) is 10.9. The first-order valence-electron chi connectivity index (χ1n) is 4.63. The van der Waals surface area contributed by atoms with Crippen LogP contribution in [0.15, 0.2) is 18.3 Å². The fourth-order valence-corrected chi connectivity index (χ4v) is 1.49. The summed E-state index contributed by atoms with van der Waals surface area (Å²) in [4.78, 5) is 4.14. The average molecular weight is 209 g/mol. The molecule has 0 unspecified atom stereocenters. The summed E-state index contributed by atoms with van der Waals surface area (Å²) in [7, 11) is 0.126. The van der Waals surface area contributed by atoms with Crippen LogP contribution in [-0.4, -0.2) is 42.5 Å². The molecule has 1 aromatic rings. The molecule has 0 saturated carbocycles. The molecular formula is C9H12BNO4. The second-order valence-electron chi connectivity index (χ2n) is 3.54. The van der Waals surface area contributed by atoms with Crippen LogP contribution < -0.4 is 5.46 Å². The summed E-state index contributed by atoms with van der Waals surface area (Å²) in [5.41, 5.74) is 0.657. The third-order valence-electron chi connectivity index (χ3n) is 2.61. The SMILES string of the molecule is COC1(c2ccc(B(O)O)cn2)COC1. The summed E-state index contributed by atoms with van der Waals surface area (Å²) >= 11 is 0. The maximum atomic E-state index is 8.91. The van der Waals surface area contributed by atoms with Crippen LogP contribution in [-0.2, 0) is 15.1 Å².